The molecule has 0 aromatic heterocycles. The van der Waals surface area contributed by atoms with Crippen LogP contribution in [0.4, 0.5) is 0 Å². The summed E-state index contributed by atoms with van der Waals surface area (Å²) in [5.74, 6) is 0.689. The maximum Gasteiger partial charge on any atom is 0.0966 e. The van der Waals surface area contributed by atoms with Gasteiger partial charge in [-0.25, -0.2) is 0 Å². The number of aliphatic hydroxyl groups excluding tert-OH is 2. The average Bonchev–Trinajstić information content (AvgIpc) is 2.38. The molecule has 0 bridgehead atoms. The minimum atomic E-state index is -0.530. The number of nitrogens with zero attached hydrogens (tertiary/aromatic N) is 1. The summed E-state index contributed by atoms with van der Waals surface area (Å²) in [5.41, 5.74) is 0. The summed E-state index contributed by atoms with van der Waals surface area (Å²) in [7, 11) is 0. The number of rotatable bonds is 0. The second kappa shape index (κ2) is 3.23. The van der Waals surface area contributed by atoms with E-state index in [1.807, 2.05) is 0 Å². The summed E-state index contributed by atoms with van der Waals surface area (Å²) in [6, 6.07) is 0.715. The van der Waals surface area contributed by atoms with Gasteiger partial charge >= 0.3 is 0 Å². The second-order valence-electron chi connectivity index (χ2n) is 4.62. The van der Waals surface area contributed by atoms with Crippen molar-refractivity contribution in [1.29, 1.82) is 0 Å². The zero-order valence-corrected chi connectivity index (χ0v) is 8.35. The summed E-state index contributed by atoms with van der Waals surface area (Å²) in [6.07, 6.45) is 1.16. The molecule has 3 nitrogen and oxygen atoms in total. The SMILES string of the molecule is CC1CCC2C(O)C(O)CN2C1C. The molecule has 0 aromatic rings. The van der Waals surface area contributed by atoms with Gasteiger partial charge in [0.05, 0.1) is 12.2 Å². The van der Waals surface area contributed by atoms with Gasteiger partial charge in [0, 0.05) is 18.6 Å². The molecule has 2 aliphatic heterocycles. The first kappa shape index (κ1) is 9.44. The molecule has 3 heteroatoms. The Labute approximate surface area is 79.4 Å². The van der Waals surface area contributed by atoms with Crippen LogP contribution < -0.4 is 0 Å². The number of hydrogen-bond acceptors (Lipinski definition) is 3. The molecule has 0 amide bonds. The molecule has 0 aromatic carbocycles. The lowest BCUT2D eigenvalue weighted by molar-refractivity contribution is 0.0172. The lowest BCUT2D eigenvalue weighted by Crippen LogP contribution is -2.48. The molecule has 2 heterocycles. The third-order valence-corrected chi connectivity index (χ3v) is 3.88. The summed E-state index contributed by atoms with van der Waals surface area (Å²) in [4.78, 5) is 2.27. The Bertz CT molecular complexity index is 197. The first-order valence-electron chi connectivity index (χ1n) is 5.23. The molecule has 5 atom stereocenters. The first-order chi connectivity index (χ1) is 6.11. The Kier molecular flexibility index (Phi) is 2.34. The van der Waals surface area contributed by atoms with Crippen LogP contribution in [0.15, 0.2) is 0 Å². The minimum absolute atomic E-state index is 0.209. The molecule has 0 radical (unpaired) electrons. The van der Waals surface area contributed by atoms with Gasteiger partial charge in [0.25, 0.3) is 0 Å². The van der Waals surface area contributed by atoms with E-state index in [2.05, 4.69) is 18.7 Å². The molecule has 13 heavy (non-hydrogen) atoms. The van der Waals surface area contributed by atoms with Crippen molar-refractivity contribution < 1.29 is 10.2 Å². The van der Waals surface area contributed by atoms with Crippen molar-refractivity contribution in [3.05, 3.63) is 0 Å². The van der Waals surface area contributed by atoms with Gasteiger partial charge in [-0.3, -0.25) is 4.90 Å². The Hall–Kier alpha value is -0.120. The van der Waals surface area contributed by atoms with E-state index in [1.54, 1.807) is 0 Å². The van der Waals surface area contributed by atoms with Gasteiger partial charge in [-0.1, -0.05) is 6.92 Å². The van der Waals surface area contributed by atoms with E-state index in [0.717, 1.165) is 6.42 Å². The Morgan fingerprint density at radius 3 is 2.54 bits per heavy atom. The number of piperidine rings is 1. The smallest absolute Gasteiger partial charge is 0.0966 e. The highest BCUT2D eigenvalue weighted by Crippen LogP contribution is 2.34. The van der Waals surface area contributed by atoms with Crippen LogP contribution >= 0.6 is 0 Å². The fraction of sp³-hybridized carbons (Fsp3) is 1.00. The van der Waals surface area contributed by atoms with Gasteiger partial charge in [0.2, 0.25) is 0 Å². The molecule has 0 aliphatic carbocycles. The van der Waals surface area contributed by atoms with Crippen LogP contribution in [-0.2, 0) is 0 Å². The molecule has 5 unspecified atom stereocenters. The molecule has 0 spiro atoms. The summed E-state index contributed by atoms with van der Waals surface area (Å²) in [5, 5.41) is 19.2. The molecular formula is C10H19NO2. The van der Waals surface area contributed by atoms with E-state index >= 15 is 0 Å². The van der Waals surface area contributed by atoms with Crippen molar-refractivity contribution in [3.8, 4) is 0 Å². The van der Waals surface area contributed by atoms with Crippen molar-refractivity contribution in [2.75, 3.05) is 6.54 Å². The van der Waals surface area contributed by atoms with Gasteiger partial charge in [-0.2, -0.15) is 0 Å². The van der Waals surface area contributed by atoms with E-state index in [-0.39, 0.29) is 6.04 Å². The summed E-state index contributed by atoms with van der Waals surface area (Å²) in [6.45, 7) is 5.09. The maximum absolute atomic E-state index is 9.71. The van der Waals surface area contributed by atoms with E-state index in [0.29, 0.717) is 18.5 Å². The fourth-order valence-corrected chi connectivity index (χ4v) is 2.72. The van der Waals surface area contributed by atoms with Crippen LogP contribution in [0.2, 0.25) is 0 Å². The van der Waals surface area contributed by atoms with Gasteiger partial charge in [-0.05, 0) is 25.7 Å². The molecule has 2 aliphatic rings. The molecule has 2 rings (SSSR count). The van der Waals surface area contributed by atoms with Crippen molar-refractivity contribution in [1.82, 2.24) is 4.90 Å². The van der Waals surface area contributed by atoms with E-state index in [9.17, 15) is 10.2 Å². The van der Waals surface area contributed by atoms with Crippen molar-refractivity contribution in [2.45, 2.75) is 51.0 Å². The van der Waals surface area contributed by atoms with Crippen LogP contribution in [0.5, 0.6) is 0 Å². The zero-order valence-electron chi connectivity index (χ0n) is 8.35. The van der Waals surface area contributed by atoms with Gasteiger partial charge in [0.1, 0.15) is 0 Å². The lowest BCUT2D eigenvalue weighted by atomic mass is 9.88. The molecular weight excluding hydrogens is 166 g/mol. The molecule has 76 valence electrons. The molecule has 2 fully saturated rings. The van der Waals surface area contributed by atoms with E-state index in [1.165, 1.54) is 6.42 Å². The van der Waals surface area contributed by atoms with E-state index in [4.69, 9.17) is 0 Å². The number of aliphatic hydroxyl groups is 2. The summed E-state index contributed by atoms with van der Waals surface area (Å²) >= 11 is 0. The quantitative estimate of drug-likeness (QED) is 0.567. The third kappa shape index (κ3) is 1.39. The summed E-state index contributed by atoms with van der Waals surface area (Å²) < 4.78 is 0. The molecule has 2 saturated heterocycles. The highest BCUT2D eigenvalue weighted by atomic mass is 16.3. The lowest BCUT2D eigenvalue weighted by Gasteiger charge is -2.40. The van der Waals surface area contributed by atoms with Crippen LogP contribution in [0, 0.1) is 5.92 Å². The number of fused-ring (bicyclic) bond motifs is 1. The van der Waals surface area contributed by atoms with Gasteiger partial charge < -0.3 is 10.2 Å². The minimum Gasteiger partial charge on any atom is -0.389 e. The average molecular weight is 185 g/mol. The number of hydrogen-bond donors (Lipinski definition) is 2. The Morgan fingerprint density at radius 1 is 1.15 bits per heavy atom. The fourth-order valence-electron chi connectivity index (χ4n) is 2.72. The van der Waals surface area contributed by atoms with Crippen LogP contribution in [-0.4, -0.2) is 45.9 Å². The predicted octanol–water partition coefficient (Wildman–Crippen LogP) is 0.211. The Balaban J connectivity index is 2.12. The zero-order chi connectivity index (χ0) is 9.59. The Morgan fingerprint density at radius 2 is 1.85 bits per heavy atom. The first-order valence-corrected chi connectivity index (χ1v) is 5.23. The van der Waals surface area contributed by atoms with E-state index < -0.39 is 12.2 Å². The monoisotopic (exact) mass is 185 g/mol. The topological polar surface area (TPSA) is 43.7 Å². The molecule has 2 N–H and O–H groups in total. The standard InChI is InChI=1S/C10H19NO2/c1-6-3-4-8-10(13)9(12)5-11(8)7(6)2/h6-10,12-13H,3-5H2,1-2H3. The highest BCUT2D eigenvalue weighted by Gasteiger charge is 2.45. The van der Waals surface area contributed by atoms with Crippen molar-refractivity contribution in [2.24, 2.45) is 5.92 Å². The van der Waals surface area contributed by atoms with Crippen molar-refractivity contribution in [3.63, 3.8) is 0 Å². The van der Waals surface area contributed by atoms with Crippen LogP contribution in [0.3, 0.4) is 0 Å². The largest absolute Gasteiger partial charge is 0.389 e. The second-order valence-corrected chi connectivity index (χ2v) is 4.62. The highest BCUT2D eigenvalue weighted by molar-refractivity contribution is 4.99. The van der Waals surface area contributed by atoms with Crippen molar-refractivity contribution >= 4 is 0 Å². The normalized spacial score (nSPS) is 52.2. The van der Waals surface area contributed by atoms with Gasteiger partial charge in [-0.15, -0.1) is 0 Å². The van der Waals surface area contributed by atoms with Gasteiger partial charge in [0.15, 0.2) is 0 Å². The third-order valence-electron chi connectivity index (χ3n) is 3.88. The van der Waals surface area contributed by atoms with Crippen LogP contribution in [0.1, 0.15) is 26.7 Å². The molecule has 0 saturated carbocycles. The maximum atomic E-state index is 9.71. The predicted molar refractivity (Wildman–Crippen MR) is 50.4 cm³/mol. The van der Waals surface area contributed by atoms with Crippen LogP contribution in [0.25, 0.3) is 0 Å².